The van der Waals surface area contributed by atoms with Gasteiger partial charge in [-0.2, -0.15) is 0 Å². The molecule has 0 fully saturated rings. The molecule has 0 atom stereocenters. The van der Waals surface area contributed by atoms with Crippen molar-refractivity contribution in [3.05, 3.63) is 0 Å². The second-order valence-electron chi connectivity index (χ2n) is 0.515. The van der Waals surface area contributed by atoms with Crippen LogP contribution < -0.4 is 0 Å². The molecule has 0 aromatic carbocycles. The van der Waals surface area contributed by atoms with Crippen LogP contribution >= 0.6 is 0 Å². The minimum atomic E-state index is 1.31. The molecule has 0 saturated carbocycles. The van der Waals surface area contributed by atoms with Crippen LogP contribution in [0.4, 0.5) is 0 Å². The molecule has 0 spiro atoms. The lowest BCUT2D eigenvalue weighted by atomic mass is 10.9. The fraction of sp³-hybridized carbons (Fsp3) is 0.333. The molecule has 4 nitrogen and oxygen atoms in total. The van der Waals surface area contributed by atoms with Crippen LogP contribution in [0, 0.1) is 0 Å². The van der Waals surface area contributed by atoms with Gasteiger partial charge >= 0.3 is 0 Å². The van der Waals surface area contributed by atoms with Gasteiger partial charge in [0.15, 0.2) is 0 Å². The Hall–Kier alpha value is -1.06. The molecule has 0 aliphatic carbocycles. The monoisotopic (exact) mass is 104 g/mol. The van der Waals surface area contributed by atoms with Crippen LogP contribution in [-0.2, 0) is 0 Å². The minimum Gasteiger partial charge on any atom is -0.411 e. The summed E-state index contributed by atoms with van der Waals surface area (Å²) in [7, 11) is 0. The Balaban J connectivity index is 0. The fourth-order valence-corrected chi connectivity index (χ4v) is 0. The van der Waals surface area contributed by atoms with Crippen LogP contribution in [0.2, 0.25) is 0 Å². The first-order valence-electron chi connectivity index (χ1n) is 1.55. The largest absolute Gasteiger partial charge is 0.411 e. The van der Waals surface area contributed by atoms with Crippen LogP contribution in [-0.4, -0.2) is 23.3 Å². The van der Waals surface area contributed by atoms with E-state index in [9.17, 15) is 0 Å². The summed E-state index contributed by atoms with van der Waals surface area (Å²) in [5.74, 6) is 0. The van der Waals surface area contributed by atoms with Crippen molar-refractivity contribution >= 4 is 12.9 Å². The van der Waals surface area contributed by atoms with Gasteiger partial charge in [0.2, 0.25) is 0 Å². The van der Waals surface area contributed by atoms with E-state index >= 15 is 0 Å². The molecular formula is C3H8N2O2. The maximum Gasteiger partial charge on any atom is 0.0404 e. The third kappa shape index (κ3) is 11900. The first kappa shape index (κ1) is 9.34. The lowest BCUT2D eigenvalue weighted by molar-refractivity contribution is 0.321. The summed E-state index contributed by atoms with van der Waals surface area (Å²) >= 11 is 0. The lowest BCUT2D eigenvalue weighted by Gasteiger charge is -1.54. The predicted molar refractivity (Wildman–Crippen MR) is 27.3 cm³/mol. The third-order valence-electron chi connectivity index (χ3n) is 0.115. The van der Waals surface area contributed by atoms with Gasteiger partial charge in [-0.05, 0) is 6.92 Å². The van der Waals surface area contributed by atoms with Gasteiger partial charge < -0.3 is 10.4 Å². The summed E-state index contributed by atoms with van der Waals surface area (Å²) in [5.41, 5.74) is 0. The van der Waals surface area contributed by atoms with Crippen LogP contribution in [0.3, 0.4) is 0 Å². The average molecular weight is 104 g/mol. The second kappa shape index (κ2) is 20.4. The molecule has 0 aliphatic rings. The summed E-state index contributed by atoms with van der Waals surface area (Å²) in [6.45, 7) is 4.31. The van der Waals surface area contributed by atoms with Crippen molar-refractivity contribution in [3.63, 3.8) is 0 Å². The molecule has 0 amide bonds. The number of rotatable bonds is 0. The Morgan fingerprint density at radius 3 is 1.71 bits per heavy atom. The Morgan fingerprint density at radius 1 is 1.57 bits per heavy atom. The van der Waals surface area contributed by atoms with Crippen LogP contribution in [0.1, 0.15) is 6.92 Å². The van der Waals surface area contributed by atoms with Crippen molar-refractivity contribution in [2.24, 2.45) is 10.3 Å². The van der Waals surface area contributed by atoms with Gasteiger partial charge in [0, 0.05) is 12.9 Å². The van der Waals surface area contributed by atoms with Crippen molar-refractivity contribution in [2.75, 3.05) is 0 Å². The molecule has 0 unspecified atom stereocenters. The van der Waals surface area contributed by atoms with Gasteiger partial charge in [0.25, 0.3) is 0 Å². The first-order valence-corrected chi connectivity index (χ1v) is 1.55. The summed E-state index contributed by atoms with van der Waals surface area (Å²) in [4.78, 5) is 0. The zero-order valence-corrected chi connectivity index (χ0v) is 4.07. The molecular weight excluding hydrogens is 96.0 g/mol. The van der Waals surface area contributed by atoms with Crippen molar-refractivity contribution < 1.29 is 10.4 Å². The predicted octanol–water partition coefficient (Wildman–Crippen LogP) is 0.542. The molecule has 42 valence electrons. The number of oxime groups is 2. The highest BCUT2D eigenvalue weighted by atomic mass is 16.4. The lowest BCUT2D eigenvalue weighted by Crippen LogP contribution is -1.49. The van der Waals surface area contributed by atoms with E-state index in [1.807, 2.05) is 0 Å². The van der Waals surface area contributed by atoms with E-state index in [4.69, 9.17) is 10.4 Å². The van der Waals surface area contributed by atoms with Gasteiger partial charge in [0.05, 0.1) is 0 Å². The van der Waals surface area contributed by atoms with E-state index < -0.39 is 0 Å². The van der Waals surface area contributed by atoms with Crippen LogP contribution in [0.25, 0.3) is 0 Å². The van der Waals surface area contributed by atoms with Gasteiger partial charge in [-0.3, -0.25) is 0 Å². The zero-order valence-electron chi connectivity index (χ0n) is 4.07. The van der Waals surface area contributed by atoms with E-state index in [0.29, 0.717) is 0 Å². The van der Waals surface area contributed by atoms with Gasteiger partial charge in [-0.25, -0.2) is 0 Å². The number of nitrogens with zero attached hydrogens (tertiary/aromatic N) is 2. The molecule has 0 saturated heterocycles. The minimum absolute atomic E-state index is 1.31. The summed E-state index contributed by atoms with van der Waals surface area (Å²) in [5, 5.41) is 19.4. The third-order valence-corrected chi connectivity index (χ3v) is 0.115. The molecule has 0 rings (SSSR count). The van der Waals surface area contributed by atoms with Gasteiger partial charge in [-0.15, -0.1) is 10.3 Å². The Labute approximate surface area is 41.8 Å². The molecule has 0 bridgehead atoms. The smallest absolute Gasteiger partial charge is 0.0404 e. The van der Waals surface area contributed by atoms with Crippen LogP contribution in [0.15, 0.2) is 10.3 Å². The molecule has 0 aliphatic heterocycles. The second-order valence-corrected chi connectivity index (χ2v) is 0.515. The van der Waals surface area contributed by atoms with E-state index in [1.165, 1.54) is 6.21 Å². The van der Waals surface area contributed by atoms with Crippen LogP contribution in [0.5, 0.6) is 0 Å². The highest BCUT2D eigenvalue weighted by molar-refractivity contribution is 5.51. The molecule has 0 radical (unpaired) electrons. The Bertz CT molecular complexity index is 48.9. The van der Waals surface area contributed by atoms with Crippen molar-refractivity contribution in [1.29, 1.82) is 0 Å². The SMILES string of the molecule is C=NO.CC=NO. The summed E-state index contributed by atoms with van der Waals surface area (Å²) < 4.78 is 0. The molecule has 0 aromatic heterocycles. The highest BCUT2D eigenvalue weighted by Crippen LogP contribution is 1.38. The fourth-order valence-electron chi connectivity index (χ4n) is 0. The standard InChI is InChI=1S/C2H5NO.CH3NO/c1-2-3-4;1-2-3/h2,4H,1H3;3H,1H2. The number of hydrogen-bond donors (Lipinski definition) is 2. The van der Waals surface area contributed by atoms with Crippen molar-refractivity contribution in [1.82, 2.24) is 0 Å². The Kier molecular flexibility index (Phi) is 27.2. The van der Waals surface area contributed by atoms with Gasteiger partial charge in [-0.1, -0.05) is 0 Å². The topological polar surface area (TPSA) is 65.2 Å². The molecule has 7 heavy (non-hydrogen) atoms. The summed E-state index contributed by atoms with van der Waals surface area (Å²) in [6, 6.07) is 0. The molecule has 0 aromatic rings. The van der Waals surface area contributed by atoms with E-state index in [0.717, 1.165) is 0 Å². The van der Waals surface area contributed by atoms with Crippen molar-refractivity contribution in [2.45, 2.75) is 6.92 Å². The zero-order chi connectivity index (χ0) is 6.12. The number of hydrogen-bond acceptors (Lipinski definition) is 4. The van der Waals surface area contributed by atoms with E-state index in [-0.39, 0.29) is 0 Å². The maximum absolute atomic E-state index is 7.44. The molecule has 4 heteroatoms. The van der Waals surface area contributed by atoms with Crippen molar-refractivity contribution in [3.8, 4) is 0 Å². The average Bonchev–Trinajstić information content (AvgIpc) is 1.69. The normalized spacial score (nSPS) is 7.00. The van der Waals surface area contributed by atoms with Gasteiger partial charge in [0.1, 0.15) is 0 Å². The molecule has 0 heterocycles. The van der Waals surface area contributed by atoms with E-state index in [1.54, 1.807) is 6.92 Å². The summed E-state index contributed by atoms with van der Waals surface area (Å²) in [6.07, 6.45) is 1.31. The first-order chi connectivity index (χ1) is 3.33. The van der Waals surface area contributed by atoms with E-state index in [2.05, 4.69) is 17.0 Å². The quantitative estimate of drug-likeness (QED) is 0.267. The molecule has 2 N–H and O–H groups in total. The maximum atomic E-state index is 7.44. The Morgan fingerprint density at radius 2 is 1.71 bits per heavy atom. The highest BCUT2D eigenvalue weighted by Gasteiger charge is 1.34.